The number of carbonyl (C=O) groups excluding carboxylic acids is 2. The zero-order valence-corrected chi connectivity index (χ0v) is 18.2. The highest BCUT2D eigenvalue weighted by Crippen LogP contribution is 2.33. The van der Waals surface area contributed by atoms with E-state index in [1.807, 2.05) is 18.2 Å². The summed E-state index contributed by atoms with van der Waals surface area (Å²) in [5, 5.41) is 3.78. The Morgan fingerprint density at radius 2 is 1.93 bits per heavy atom. The summed E-state index contributed by atoms with van der Waals surface area (Å²) >= 11 is 12.6. The number of nitrogens with one attached hydrogen (secondary N) is 1. The van der Waals surface area contributed by atoms with Gasteiger partial charge in [0, 0.05) is 24.0 Å². The molecule has 4 nitrogen and oxygen atoms in total. The van der Waals surface area contributed by atoms with Gasteiger partial charge in [-0.3, -0.25) is 14.5 Å². The lowest BCUT2D eigenvalue weighted by Crippen LogP contribution is -2.32. The molecule has 0 spiro atoms. The molecule has 0 atom stereocenters. The fraction of sp³-hybridized carbons (Fsp3) is 0.476. The molecule has 2 fully saturated rings. The summed E-state index contributed by atoms with van der Waals surface area (Å²) in [6.45, 7) is 0.604. The Labute approximate surface area is 181 Å². The highest BCUT2D eigenvalue weighted by atomic mass is 35.5. The van der Waals surface area contributed by atoms with Crippen molar-refractivity contribution in [2.45, 2.75) is 57.4 Å². The van der Waals surface area contributed by atoms with Crippen molar-refractivity contribution < 1.29 is 9.59 Å². The largest absolute Gasteiger partial charge is 0.353 e. The van der Waals surface area contributed by atoms with Gasteiger partial charge in [-0.05, 0) is 49.5 Å². The van der Waals surface area contributed by atoms with Crippen molar-refractivity contribution in [1.29, 1.82) is 0 Å². The summed E-state index contributed by atoms with van der Waals surface area (Å²) in [4.78, 5) is 26.9. The van der Waals surface area contributed by atoms with E-state index in [-0.39, 0.29) is 11.8 Å². The average molecular weight is 437 g/mol. The minimum absolute atomic E-state index is 0.0380. The number of hydrogen-bond acceptors (Lipinski definition) is 4. The maximum absolute atomic E-state index is 12.6. The monoisotopic (exact) mass is 436 g/mol. The normalized spacial score (nSPS) is 19.0. The fourth-order valence-corrected chi connectivity index (χ4v) is 4.94. The van der Waals surface area contributed by atoms with Crippen LogP contribution in [0, 0.1) is 0 Å². The van der Waals surface area contributed by atoms with E-state index in [1.165, 1.54) is 24.6 Å². The molecule has 1 N–H and O–H groups in total. The standard InChI is InChI=1S/C21H25ClN2O2S2/c22-16-11-9-15(10-12-16)14-18-20(26)24(21(27)28-18)13-5-1-2-8-19(25)23-17-6-3-4-7-17/h9-12,14,17H,1-8,13H2,(H,23,25). The average Bonchev–Trinajstić information content (AvgIpc) is 3.26. The Morgan fingerprint density at radius 3 is 2.64 bits per heavy atom. The number of benzene rings is 1. The van der Waals surface area contributed by atoms with Crippen LogP contribution in [0.3, 0.4) is 0 Å². The van der Waals surface area contributed by atoms with Crippen LogP contribution in [-0.4, -0.2) is 33.6 Å². The molecule has 28 heavy (non-hydrogen) atoms. The Balaban J connectivity index is 1.39. The summed E-state index contributed by atoms with van der Waals surface area (Å²) in [7, 11) is 0. The molecule has 1 aliphatic heterocycles. The topological polar surface area (TPSA) is 49.4 Å². The lowest BCUT2D eigenvalue weighted by Gasteiger charge is -2.14. The van der Waals surface area contributed by atoms with Crippen LogP contribution in [0.2, 0.25) is 5.02 Å². The van der Waals surface area contributed by atoms with Crippen LogP contribution >= 0.6 is 35.6 Å². The molecule has 1 saturated carbocycles. The summed E-state index contributed by atoms with van der Waals surface area (Å²) in [5.41, 5.74) is 0.929. The van der Waals surface area contributed by atoms with Crippen LogP contribution in [-0.2, 0) is 9.59 Å². The number of nitrogens with zero attached hydrogens (tertiary/aromatic N) is 1. The van der Waals surface area contributed by atoms with Crippen molar-refractivity contribution in [2.75, 3.05) is 6.54 Å². The van der Waals surface area contributed by atoms with E-state index in [9.17, 15) is 9.59 Å². The summed E-state index contributed by atoms with van der Waals surface area (Å²) in [6, 6.07) is 7.75. The predicted molar refractivity (Wildman–Crippen MR) is 120 cm³/mol. The van der Waals surface area contributed by atoms with Gasteiger partial charge >= 0.3 is 0 Å². The van der Waals surface area contributed by atoms with Gasteiger partial charge in [-0.1, -0.05) is 67.0 Å². The molecule has 1 aliphatic carbocycles. The van der Waals surface area contributed by atoms with E-state index in [4.69, 9.17) is 23.8 Å². The number of unbranched alkanes of at least 4 members (excludes halogenated alkanes) is 2. The van der Waals surface area contributed by atoms with Gasteiger partial charge in [0.2, 0.25) is 5.91 Å². The van der Waals surface area contributed by atoms with Crippen molar-refractivity contribution in [1.82, 2.24) is 10.2 Å². The molecule has 7 heteroatoms. The molecule has 150 valence electrons. The van der Waals surface area contributed by atoms with E-state index in [1.54, 1.807) is 17.0 Å². The van der Waals surface area contributed by atoms with Gasteiger partial charge in [-0.15, -0.1) is 0 Å². The first kappa shape index (κ1) is 21.3. The maximum Gasteiger partial charge on any atom is 0.266 e. The van der Waals surface area contributed by atoms with Crippen molar-refractivity contribution in [3.8, 4) is 0 Å². The van der Waals surface area contributed by atoms with Crippen molar-refractivity contribution in [3.05, 3.63) is 39.8 Å². The molecule has 0 bridgehead atoms. The SMILES string of the molecule is O=C(CCCCCN1C(=O)C(=Cc2ccc(Cl)cc2)SC1=S)NC1CCCC1. The Kier molecular flexibility index (Phi) is 7.94. The third kappa shape index (κ3) is 6.06. The van der Waals surface area contributed by atoms with E-state index in [0.717, 1.165) is 37.7 Å². The van der Waals surface area contributed by atoms with Crippen molar-refractivity contribution in [3.63, 3.8) is 0 Å². The number of thioether (sulfide) groups is 1. The van der Waals surface area contributed by atoms with E-state index < -0.39 is 0 Å². The van der Waals surface area contributed by atoms with Crippen LogP contribution in [0.4, 0.5) is 0 Å². The van der Waals surface area contributed by atoms with Gasteiger partial charge in [0.1, 0.15) is 4.32 Å². The van der Waals surface area contributed by atoms with Crippen LogP contribution < -0.4 is 5.32 Å². The van der Waals surface area contributed by atoms with Crippen molar-refractivity contribution in [2.24, 2.45) is 0 Å². The number of rotatable bonds is 8. The second kappa shape index (κ2) is 10.4. The van der Waals surface area contributed by atoms with Crippen LogP contribution in [0.15, 0.2) is 29.2 Å². The van der Waals surface area contributed by atoms with E-state index in [0.29, 0.717) is 33.3 Å². The van der Waals surface area contributed by atoms with Gasteiger partial charge < -0.3 is 5.32 Å². The highest BCUT2D eigenvalue weighted by molar-refractivity contribution is 8.26. The molecule has 1 saturated heterocycles. The van der Waals surface area contributed by atoms with Crippen molar-refractivity contribution >= 4 is 57.8 Å². The molecule has 2 aliphatic rings. The number of thiocarbonyl (C=S) groups is 1. The smallest absolute Gasteiger partial charge is 0.266 e. The summed E-state index contributed by atoms with van der Waals surface area (Å²) < 4.78 is 0.601. The van der Waals surface area contributed by atoms with E-state index in [2.05, 4.69) is 5.32 Å². The Morgan fingerprint density at radius 1 is 1.21 bits per heavy atom. The lowest BCUT2D eigenvalue weighted by atomic mass is 10.1. The summed E-state index contributed by atoms with van der Waals surface area (Å²) in [5.74, 6) is 0.118. The van der Waals surface area contributed by atoms with Gasteiger partial charge in [-0.25, -0.2) is 0 Å². The lowest BCUT2D eigenvalue weighted by molar-refractivity contribution is -0.123. The molecule has 2 amide bonds. The van der Waals surface area contributed by atoms with Gasteiger partial charge in [0.05, 0.1) is 4.91 Å². The summed E-state index contributed by atoms with van der Waals surface area (Å²) in [6.07, 6.45) is 9.68. The van der Waals surface area contributed by atoms with Gasteiger partial charge in [0.25, 0.3) is 5.91 Å². The maximum atomic E-state index is 12.6. The Hall–Kier alpha value is -1.37. The molecule has 0 unspecified atom stereocenters. The first-order valence-corrected chi connectivity index (χ1v) is 11.4. The molecule has 0 aromatic heterocycles. The predicted octanol–water partition coefficient (Wildman–Crippen LogP) is 5.16. The Bertz CT molecular complexity index is 758. The molecule has 1 aromatic carbocycles. The minimum Gasteiger partial charge on any atom is -0.353 e. The third-order valence-electron chi connectivity index (χ3n) is 5.05. The van der Waals surface area contributed by atoms with Crippen LogP contribution in [0.1, 0.15) is 56.9 Å². The zero-order valence-electron chi connectivity index (χ0n) is 15.8. The second-order valence-corrected chi connectivity index (χ2v) is 9.36. The van der Waals surface area contributed by atoms with Crippen LogP contribution in [0.25, 0.3) is 6.08 Å². The molecular formula is C21H25ClN2O2S2. The number of hydrogen-bond donors (Lipinski definition) is 1. The quantitative estimate of drug-likeness (QED) is 0.347. The fourth-order valence-electron chi connectivity index (χ4n) is 3.51. The molecular weight excluding hydrogens is 412 g/mol. The minimum atomic E-state index is -0.0380. The first-order chi connectivity index (χ1) is 13.5. The molecule has 0 radical (unpaired) electrons. The van der Waals surface area contributed by atoms with Gasteiger partial charge in [-0.2, -0.15) is 0 Å². The third-order valence-corrected chi connectivity index (χ3v) is 6.68. The molecule has 3 rings (SSSR count). The first-order valence-electron chi connectivity index (χ1n) is 9.83. The molecule has 1 heterocycles. The number of carbonyl (C=O) groups is 2. The molecule has 1 aromatic rings. The van der Waals surface area contributed by atoms with E-state index >= 15 is 0 Å². The van der Waals surface area contributed by atoms with Crippen LogP contribution in [0.5, 0.6) is 0 Å². The number of amides is 2. The number of halogens is 1. The van der Waals surface area contributed by atoms with Gasteiger partial charge in [0.15, 0.2) is 0 Å². The highest BCUT2D eigenvalue weighted by Gasteiger charge is 2.31. The second-order valence-electron chi connectivity index (χ2n) is 7.24. The zero-order chi connectivity index (χ0) is 19.9.